The molecule has 2 aliphatic rings. The quantitative estimate of drug-likeness (QED) is 0.673. The van der Waals surface area contributed by atoms with Crippen LogP contribution in [-0.4, -0.2) is 31.8 Å². The van der Waals surface area contributed by atoms with E-state index in [1.807, 2.05) is 49.4 Å². The van der Waals surface area contributed by atoms with Crippen molar-refractivity contribution < 1.29 is 15.1 Å². The van der Waals surface area contributed by atoms with Gasteiger partial charge in [0.05, 0.1) is 23.9 Å². The van der Waals surface area contributed by atoms with E-state index in [0.717, 1.165) is 11.3 Å². The van der Waals surface area contributed by atoms with Gasteiger partial charge in [-0.3, -0.25) is 5.01 Å². The average Bonchev–Trinajstić information content (AvgIpc) is 3.13. The topological polar surface area (TPSA) is 70.5 Å². The first-order valence-corrected chi connectivity index (χ1v) is 11.3. The highest BCUT2D eigenvalue weighted by molar-refractivity contribution is 6.37. The van der Waals surface area contributed by atoms with Crippen molar-refractivity contribution in [2.24, 2.45) is 11.0 Å². The first-order chi connectivity index (χ1) is 15.0. The van der Waals surface area contributed by atoms with Crippen LogP contribution in [0.3, 0.4) is 0 Å². The first kappa shape index (κ1) is 23.7. The van der Waals surface area contributed by atoms with Gasteiger partial charge in [-0.1, -0.05) is 60.8 Å². The molecule has 0 aromatic heterocycles. The number of rotatable bonds is 4. The predicted molar refractivity (Wildman–Crippen MR) is 125 cm³/mol. The summed E-state index contributed by atoms with van der Waals surface area (Å²) in [6, 6.07) is 14.8. The van der Waals surface area contributed by atoms with Crippen molar-refractivity contribution in [3.63, 3.8) is 0 Å². The minimum absolute atomic E-state index is 0.142. The smallest absolute Gasteiger partial charge is 0.317 e. The molecule has 1 amide bonds. The van der Waals surface area contributed by atoms with Gasteiger partial charge < -0.3 is 5.32 Å². The lowest BCUT2D eigenvalue weighted by Gasteiger charge is -2.27. The predicted octanol–water partition coefficient (Wildman–Crippen LogP) is 3.96. The fourth-order valence-electron chi connectivity index (χ4n) is 3.80. The molecule has 0 spiro atoms. The van der Waals surface area contributed by atoms with Crippen LogP contribution in [0, 0.1) is 5.92 Å². The monoisotopic (exact) mass is 463 g/mol. The molecule has 2 aromatic rings. The zero-order valence-electron chi connectivity index (χ0n) is 17.9. The normalized spacial score (nSPS) is 20.6. The Labute approximate surface area is 193 Å². The Morgan fingerprint density at radius 2 is 1.77 bits per heavy atom. The molecule has 8 heteroatoms. The van der Waals surface area contributed by atoms with Crippen LogP contribution in [0.2, 0.25) is 10.0 Å². The highest BCUT2D eigenvalue weighted by Crippen LogP contribution is 2.41. The zero-order valence-corrected chi connectivity index (χ0v) is 19.4. The molecule has 31 heavy (non-hydrogen) atoms. The summed E-state index contributed by atoms with van der Waals surface area (Å²) in [6.07, 6.45) is 4.22. The lowest BCUT2D eigenvalue weighted by atomic mass is 9.91. The second-order valence-corrected chi connectivity index (χ2v) is 8.44. The van der Waals surface area contributed by atoms with Crippen LogP contribution in [0.15, 0.2) is 53.6 Å². The number of quaternary nitrogens is 1. The Hall–Kier alpha value is -1.96. The van der Waals surface area contributed by atoms with Gasteiger partial charge in [0.2, 0.25) is 0 Å². The first-order valence-electron chi connectivity index (χ1n) is 10.5. The number of hydrogen-bond acceptors (Lipinski definition) is 5. The maximum atomic E-state index is 12.4. The number of hydrogen-bond donors (Lipinski definition) is 2. The van der Waals surface area contributed by atoms with Gasteiger partial charge >= 0.3 is 5.91 Å². The molecular weight excluding hydrogens is 435 g/mol. The molecule has 1 fully saturated rings. The van der Waals surface area contributed by atoms with Crippen LogP contribution in [0.25, 0.3) is 0 Å². The van der Waals surface area contributed by atoms with Crippen LogP contribution in [0.1, 0.15) is 37.8 Å². The number of benzene rings is 2. The van der Waals surface area contributed by atoms with Crippen LogP contribution >= 0.6 is 23.2 Å². The molecule has 166 valence electrons. The molecule has 0 radical (unpaired) electrons. The molecule has 2 aromatic carbocycles. The molecule has 4 rings (SSSR count). The van der Waals surface area contributed by atoms with Gasteiger partial charge in [0.25, 0.3) is 0 Å². The highest BCUT2D eigenvalue weighted by Gasteiger charge is 2.41. The number of primary amides is 1. The van der Waals surface area contributed by atoms with E-state index in [1.54, 1.807) is 11.1 Å². The molecular formula is C23H29Cl2N4O2+. The van der Waals surface area contributed by atoms with Crippen molar-refractivity contribution in [2.45, 2.75) is 32.2 Å². The third-order valence-electron chi connectivity index (χ3n) is 5.38. The summed E-state index contributed by atoms with van der Waals surface area (Å²) in [5.74, 6) is -0.389. The molecule has 0 bridgehead atoms. The van der Waals surface area contributed by atoms with Crippen molar-refractivity contribution >= 4 is 40.5 Å². The third kappa shape index (κ3) is 6.05. The van der Waals surface area contributed by atoms with E-state index >= 15 is 0 Å². The van der Waals surface area contributed by atoms with Crippen molar-refractivity contribution in [1.82, 2.24) is 5.32 Å². The minimum atomic E-state index is -0.247. The maximum absolute atomic E-state index is 12.4. The number of nitrogens with one attached hydrogen (secondary N) is 1. The Morgan fingerprint density at radius 1 is 1.10 bits per heavy atom. The lowest BCUT2D eigenvalue weighted by Crippen LogP contribution is -2.88. The van der Waals surface area contributed by atoms with E-state index in [2.05, 4.69) is 10.4 Å². The second-order valence-electron chi connectivity index (χ2n) is 7.59. The van der Waals surface area contributed by atoms with Crippen molar-refractivity contribution in [3.8, 4) is 0 Å². The van der Waals surface area contributed by atoms with Crippen molar-refractivity contribution in [2.75, 3.05) is 25.2 Å². The van der Waals surface area contributed by atoms with E-state index in [9.17, 15) is 4.79 Å². The number of hydrazone groups is 1. The van der Waals surface area contributed by atoms with Gasteiger partial charge in [-0.25, -0.2) is 9.63 Å². The number of nitrogens with two attached hydrogens (primary N) is 1. The van der Waals surface area contributed by atoms with Gasteiger partial charge in [-0.15, -0.1) is 5.48 Å². The van der Waals surface area contributed by atoms with Gasteiger partial charge in [-0.05, 0) is 55.8 Å². The number of nitrogens with zero attached hydrogens (tertiary/aromatic N) is 2. The molecule has 3 N–H and O–H groups in total. The Balaban J connectivity index is 0.000000391. The number of piperidine rings is 1. The molecule has 0 aliphatic carbocycles. The van der Waals surface area contributed by atoms with E-state index in [1.165, 1.54) is 44.9 Å². The fourth-order valence-corrected chi connectivity index (χ4v) is 4.15. The molecule has 1 saturated heterocycles. The van der Waals surface area contributed by atoms with Crippen LogP contribution in [-0.2, 0) is 9.63 Å². The van der Waals surface area contributed by atoms with E-state index in [-0.39, 0.29) is 17.9 Å². The molecule has 6 nitrogen and oxygen atoms in total. The van der Waals surface area contributed by atoms with Gasteiger partial charge in [-0.2, -0.15) is 5.10 Å². The zero-order chi connectivity index (χ0) is 22.2. The van der Waals surface area contributed by atoms with Crippen LogP contribution < -0.4 is 15.8 Å². The number of halogens is 2. The summed E-state index contributed by atoms with van der Waals surface area (Å²) in [7, 11) is 1.45. The molecule has 2 atom stereocenters. The fraction of sp³-hybridized carbons (Fsp3) is 0.391. The lowest BCUT2D eigenvalue weighted by molar-refractivity contribution is -0.816. The van der Waals surface area contributed by atoms with Gasteiger partial charge in [0.1, 0.15) is 0 Å². The molecule has 2 heterocycles. The number of carbonyl (C=O) groups is 1. The number of carbonyl (C=O) groups excluding carboxylic acids is 1. The van der Waals surface area contributed by atoms with E-state index in [0.29, 0.717) is 15.8 Å². The van der Waals surface area contributed by atoms with E-state index < -0.39 is 0 Å². The third-order valence-corrected chi connectivity index (χ3v) is 5.95. The Kier molecular flexibility index (Phi) is 8.87. The Bertz CT molecular complexity index is 889. The minimum Gasteiger partial charge on any atom is -0.317 e. The molecule has 2 aliphatic heterocycles. The van der Waals surface area contributed by atoms with Gasteiger partial charge in [0.15, 0.2) is 5.71 Å². The number of para-hydroxylation sites is 1. The van der Waals surface area contributed by atoms with Crippen molar-refractivity contribution in [3.05, 3.63) is 64.1 Å². The molecule has 0 saturated carbocycles. The SMILES string of the molecule is C1CCNCC1.CO[NH2+]C(=O)C1=NN(c2ccccc2Cl)C(c2ccc(Cl)cc2)C1C. The second kappa shape index (κ2) is 11.6. The Morgan fingerprint density at radius 3 is 2.32 bits per heavy atom. The number of anilines is 1. The number of hydroxylamine groups is 1. The number of amides is 1. The van der Waals surface area contributed by atoms with Crippen molar-refractivity contribution in [1.29, 1.82) is 0 Å². The van der Waals surface area contributed by atoms with Crippen LogP contribution in [0.4, 0.5) is 5.69 Å². The molecule has 2 unspecified atom stereocenters. The summed E-state index contributed by atoms with van der Waals surface area (Å²) in [5.41, 5.74) is 3.35. The summed E-state index contributed by atoms with van der Waals surface area (Å²) in [6.45, 7) is 4.47. The summed E-state index contributed by atoms with van der Waals surface area (Å²) >= 11 is 12.4. The largest absolute Gasteiger partial charge is 0.391 e. The standard InChI is InChI=1S/C18H17Cl2N3O2.C5H11N/c1-11-16(18(24)22-25-2)21-23(15-6-4-3-5-14(15)20)17(11)12-7-9-13(19)10-8-12;1-2-4-6-5-3-1/h3-11,17H,1-2H3,(H,22,24);6H,1-5H2/p+1. The summed E-state index contributed by atoms with van der Waals surface area (Å²) in [4.78, 5) is 17.2. The average molecular weight is 464 g/mol. The van der Waals surface area contributed by atoms with E-state index in [4.69, 9.17) is 28.0 Å². The summed E-state index contributed by atoms with van der Waals surface area (Å²) in [5, 5.41) is 10.9. The highest BCUT2D eigenvalue weighted by atomic mass is 35.5. The maximum Gasteiger partial charge on any atom is 0.391 e. The van der Waals surface area contributed by atoms with Gasteiger partial charge in [0, 0.05) is 10.9 Å². The summed E-state index contributed by atoms with van der Waals surface area (Å²) < 4.78 is 0. The van der Waals surface area contributed by atoms with Crippen LogP contribution in [0.5, 0.6) is 0 Å².